The van der Waals surface area contributed by atoms with Crippen molar-refractivity contribution in [3.63, 3.8) is 0 Å². The topological polar surface area (TPSA) is 106 Å². The van der Waals surface area contributed by atoms with Gasteiger partial charge in [0.15, 0.2) is 6.10 Å². The van der Waals surface area contributed by atoms with E-state index in [9.17, 15) is 14.4 Å². The highest BCUT2D eigenvalue weighted by Gasteiger charge is 2.29. The molecule has 4 rings (SSSR count). The van der Waals surface area contributed by atoms with Crippen LogP contribution in [0.4, 0.5) is 5.00 Å². The number of carbonyl (C=O) groups is 3. The van der Waals surface area contributed by atoms with E-state index in [4.69, 9.17) is 9.47 Å². The summed E-state index contributed by atoms with van der Waals surface area (Å²) < 4.78 is 11.1. The number of nitrogens with one attached hydrogen (secondary N) is 2. The van der Waals surface area contributed by atoms with Gasteiger partial charge in [-0.15, -0.1) is 11.3 Å². The minimum absolute atomic E-state index is 0.0643. The van der Waals surface area contributed by atoms with Crippen molar-refractivity contribution in [3.05, 3.63) is 81.2 Å². The largest absolute Gasteiger partial charge is 0.481 e. The summed E-state index contributed by atoms with van der Waals surface area (Å²) in [6.45, 7) is 12.3. The Morgan fingerprint density at radius 2 is 1.79 bits per heavy atom. The van der Waals surface area contributed by atoms with Gasteiger partial charge in [0.1, 0.15) is 10.8 Å². The van der Waals surface area contributed by atoms with Crippen LogP contribution in [0.25, 0.3) is 0 Å². The number of esters is 1. The van der Waals surface area contributed by atoms with E-state index in [0.717, 1.165) is 35.3 Å². The number of fused-ring (bicyclic) bond motifs is 1. The zero-order valence-corrected chi connectivity index (χ0v) is 25.9. The number of nitrogens with zero attached hydrogens (tertiary/aromatic N) is 1. The molecule has 2 aromatic carbocycles. The van der Waals surface area contributed by atoms with Gasteiger partial charge in [-0.25, -0.2) is 10.2 Å². The molecule has 3 aromatic rings. The molecule has 1 aromatic heterocycles. The summed E-state index contributed by atoms with van der Waals surface area (Å²) in [7, 11) is 0. The molecule has 42 heavy (non-hydrogen) atoms. The number of hydrogen-bond acceptors (Lipinski definition) is 7. The van der Waals surface area contributed by atoms with Crippen LogP contribution in [0.1, 0.15) is 90.2 Å². The van der Waals surface area contributed by atoms with Crippen LogP contribution in [0, 0.1) is 5.92 Å². The van der Waals surface area contributed by atoms with Crippen LogP contribution in [0.2, 0.25) is 0 Å². The first-order chi connectivity index (χ1) is 20.0. The molecular weight excluding hydrogens is 550 g/mol. The first-order valence-corrected chi connectivity index (χ1v) is 15.1. The molecule has 0 saturated heterocycles. The summed E-state index contributed by atoms with van der Waals surface area (Å²) in [4.78, 5) is 39.5. The van der Waals surface area contributed by atoms with Crippen LogP contribution in [0.15, 0.2) is 53.6 Å². The fourth-order valence-electron chi connectivity index (χ4n) is 4.71. The van der Waals surface area contributed by atoms with Crippen LogP contribution in [0.3, 0.4) is 0 Å². The third-order valence-corrected chi connectivity index (χ3v) is 8.35. The maximum absolute atomic E-state index is 13.1. The van der Waals surface area contributed by atoms with Crippen LogP contribution in [-0.2, 0) is 27.8 Å². The van der Waals surface area contributed by atoms with Crippen LogP contribution >= 0.6 is 11.3 Å². The lowest BCUT2D eigenvalue weighted by Gasteiger charge is -2.18. The molecule has 0 fully saturated rings. The molecule has 1 heterocycles. The Balaban J connectivity index is 1.34. The molecular formula is C33H39N3O5S. The van der Waals surface area contributed by atoms with E-state index in [-0.39, 0.29) is 17.9 Å². The number of rotatable bonds is 9. The van der Waals surface area contributed by atoms with Gasteiger partial charge < -0.3 is 14.8 Å². The average molecular weight is 590 g/mol. The highest BCUT2D eigenvalue weighted by atomic mass is 32.1. The summed E-state index contributed by atoms with van der Waals surface area (Å²) in [5.74, 6) is -0.178. The van der Waals surface area contributed by atoms with E-state index in [1.807, 2.05) is 24.3 Å². The smallest absolute Gasteiger partial charge is 0.341 e. The predicted molar refractivity (Wildman–Crippen MR) is 167 cm³/mol. The quantitative estimate of drug-likeness (QED) is 0.168. The highest BCUT2D eigenvalue weighted by molar-refractivity contribution is 7.17. The second-order valence-corrected chi connectivity index (χ2v) is 12.7. The molecule has 222 valence electrons. The lowest BCUT2D eigenvalue weighted by molar-refractivity contribution is -0.127. The third-order valence-electron chi connectivity index (χ3n) is 7.18. The second kappa shape index (κ2) is 13.3. The van der Waals surface area contributed by atoms with Gasteiger partial charge in [-0.2, -0.15) is 5.10 Å². The van der Waals surface area contributed by atoms with E-state index in [2.05, 4.69) is 43.5 Å². The number of hydrazone groups is 1. The molecule has 1 aliphatic carbocycles. The van der Waals surface area contributed by atoms with Crippen molar-refractivity contribution in [3.8, 4) is 5.75 Å². The Morgan fingerprint density at radius 3 is 2.43 bits per heavy atom. The summed E-state index contributed by atoms with van der Waals surface area (Å²) in [6, 6.07) is 14.5. The molecule has 0 spiro atoms. The zero-order valence-electron chi connectivity index (χ0n) is 25.1. The van der Waals surface area contributed by atoms with E-state index in [1.165, 1.54) is 16.9 Å². The lowest BCUT2D eigenvalue weighted by Crippen LogP contribution is -2.33. The number of carbonyl (C=O) groups excluding carboxylic acids is 3. The van der Waals surface area contributed by atoms with Crippen molar-refractivity contribution in [2.24, 2.45) is 11.0 Å². The van der Waals surface area contributed by atoms with Crippen molar-refractivity contribution < 1.29 is 23.9 Å². The first-order valence-electron chi connectivity index (χ1n) is 14.3. The van der Waals surface area contributed by atoms with Crippen LogP contribution < -0.4 is 15.5 Å². The summed E-state index contributed by atoms with van der Waals surface area (Å²) in [6.07, 6.45) is 3.46. The van der Waals surface area contributed by atoms with Crippen molar-refractivity contribution >= 4 is 40.3 Å². The number of ether oxygens (including phenoxy) is 2. The summed E-state index contributed by atoms with van der Waals surface area (Å²) in [5.41, 5.74) is 6.52. The Morgan fingerprint density at radius 1 is 1.10 bits per heavy atom. The van der Waals surface area contributed by atoms with E-state index >= 15 is 0 Å². The van der Waals surface area contributed by atoms with Gasteiger partial charge in [-0.1, -0.05) is 52.0 Å². The van der Waals surface area contributed by atoms with Crippen molar-refractivity contribution in [1.29, 1.82) is 0 Å². The zero-order chi connectivity index (χ0) is 30.4. The highest BCUT2D eigenvalue weighted by Crippen LogP contribution is 2.40. The normalized spacial score (nSPS) is 15.5. The average Bonchev–Trinajstić information content (AvgIpc) is 3.30. The van der Waals surface area contributed by atoms with E-state index in [0.29, 0.717) is 27.8 Å². The molecule has 9 heteroatoms. The van der Waals surface area contributed by atoms with Gasteiger partial charge >= 0.3 is 5.97 Å². The maximum atomic E-state index is 13.1. The van der Waals surface area contributed by atoms with Crippen LogP contribution in [-0.4, -0.2) is 36.7 Å². The predicted octanol–water partition coefficient (Wildman–Crippen LogP) is 6.52. The molecule has 0 radical (unpaired) electrons. The molecule has 2 atom stereocenters. The monoisotopic (exact) mass is 589 g/mol. The SMILES string of the molecule is CCOC(=O)c1c(NC(=O)c2ccc(OC(C)C(=O)N/N=C/c3ccc(C(C)(C)C)cc3)cc2)sc2c1CCC(C)C2. The summed E-state index contributed by atoms with van der Waals surface area (Å²) >= 11 is 1.45. The van der Waals surface area contributed by atoms with Gasteiger partial charge in [0.2, 0.25) is 0 Å². The van der Waals surface area contributed by atoms with Crippen molar-refractivity contribution in [2.75, 3.05) is 11.9 Å². The molecule has 0 bridgehead atoms. The number of benzene rings is 2. The first kappa shape index (κ1) is 31.0. The molecule has 2 N–H and O–H groups in total. The van der Waals surface area contributed by atoms with Gasteiger partial charge in [0, 0.05) is 10.4 Å². The molecule has 1 aliphatic rings. The standard InChI is InChI=1S/C33H39N3O5S/c1-7-40-32(39)28-26-17-8-20(2)18-27(26)42-31(28)35-30(38)23-11-15-25(16-12-23)41-21(3)29(37)36-34-19-22-9-13-24(14-10-22)33(4,5)6/h9-16,19-21H,7-8,17-18H2,1-6H3,(H,35,38)(H,36,37)/b34-19+. The minimum Gasteiger partial charge on any atom is -0.481 e. The molecule has 0 aliphatic heterocycles. The minimum atomic E-state index is -0.808. The number of anilines is 1. The Bertz CT molecular complexity index is 1450. The van der Waals surface area contributed by atoms with Gasteiger partial charge in [0.05, 0.1) is 18.4 Å². The van der Waals surface area contributed by atoms with E-state index < -0.39 is 18.0 Å². The number of hydrogen-bond donors (Lipinski definition) is 2. The second-order valence-electron chi connectivity index (χ2n) is 11.6. The fourth-order valence-corrected chi connectivity index (χ4v) is 6.10. The molecule has 8 nitrogen and oxygen atoms in total. The van der Waals surface area contributed by atoms with Crippen LogP contribution in [0.5, 0.6) is 5.75 Å². The maximum Gasteiger partial charge on any atom is 0.341 e. The molecule has 2 unspecified atom stereocenters. The lowest BCUT2D eigenvalue weighted by atomic mass is 9.87. The van der Waals surface area contributed by atoms with Gasteiger partial charge in [0.25, 0.3) is 11.8 Å². The summed E-state index contributed by atoms with van der Waals surface area (Å²) in [5, 5.41) is 7.49. The van der Waals surface area contributed by atoms with Gasteiger partial charge in [-0.05, 0) is 85.4 Å². The Hall–Kier alpha value is -3.98. The molecule has 0 saturated carbocycles. The molecule has 2 amide bonds. The fraction of sp³-hybridized carbons (Fsp3) is 0.394. The van der Waals surface area contributed by atoms with Gasteiger partial charge in [-0.3, -0.25) is 9.59 Å². The van der Waals surface area contributed by atoms with Crippen molar-refractivity contribution in [2.45, 2.75) is 72.3 Å². The Labute approximate surface area is 251 Å². The number of amides is 2. The third kappa shape index (κ3) is 7.64. The van der Waals surface area contributed by atoms with Crippen molar-refractivity contribution in [1.82, 2.24) is 5.43 Å². The Kier molecular flexibility index (Phi) is 9.83. The number of thiophene rings is 1. The van der Waals surface area contributed by atoms with E-state index in [1.54, 1.807) is 44.3 Å².